The van der Waals surface area contributed by atoms with E-state index in [1.54, 1.807) is 11.6 Å². The number of rotatable bonds is 2. The Morgan fingerprint density at radius 3 is 2.60 bits per heavy atom. The summed E-state index contributed by atoms with van der Waals surface area (Å²) in [5.41, 5.74) is 3.80. The SMILES string of the molecule is CC(=O)C1=C(C)n2ncnc2NC1c1ccc(C)cc1. The fraction of sp³-hybridized carbons (Fsp3) is 0.267. The molecule has 1 atom stereocenters. The van der Waals surface area contributed by atoms with Crippen LogP contribution in [-0.2, 0) is 4.79 Å². The van der Waals surface area contributed by atoms with Crippen molar-refractivity contribution in [3.05, 3.63) is 47.3 Å². The van der Waals surface area contributed by atoms with Crippen LogP contribution < -0.4 is 5.32 Å². The van der Waals surface area contributed by atoms with Crippen molar-refractivity contribution >= 4 is 17.4 Å². The zero-order chi connectivity index (χ0) is 14.3. The second-order valence-electron chi connectivity index (χ2n) is 5.04. The standard InChI is InChI=1S/C15H16N4O/c1-9-4-6-12(7-5-9)14-13(11(3)20)10(2)19-15(18-14)16-8-17-19/h4-8,14H,1-3H3,(H,16,17,18). The molecule has 0 bridgehead atoms. The second kappa shape index (κ2) is 4.59. The minimum Gasteiger partial charge on any atom is -0.343 e. The fourth-order valence-corrected chi connectivity index (χ4v) is 2.58. The molecule has 1 aromatic carbocycles. The number of ketones is 1. The van der Waals surface area contributed by atoms with Gasteiger partial charge >= 0.3 is 0 Å². The molecule has 1 N–H and O–H groups in total. The molecule has 102 valence electrons. The number of nitrogens with zero attached hydrogens (tertiary/aromatic N) is 3. The fourth-order valence-electron chi connectivity index (χ4n) is 2.58. The summed E-state index contributed by atoms with van der Waals surface area (Å²) in [6.45, 7) is 5.53. The van der Waals surface area contributed by atoms with Crippen molar-refractivity contribution < 1.29 is 4.79 Å². The molecule has 0 radical (unpaired) electrons. The van der Waals surface area contributed by atoms with Crippen molar-refractivity contribution in [1.29, 1.82) is 0 Å². The normalized spacial score (nSPS) is 17.6. The lowest BCUT2D eigenvalue weighted by Crippen LogP contribution is -2.26. The second-order valence-corrected chi connectivity index (χ2v) is 5.04. The Morgan fingerprint density at radius 1 is 1.25 bits per heavy atom. The van der Waals surface area contributed by atoms with Gasteiger partial charge in [0.1, 0.15) is 6.33 Å². The largest absolute Gasteiger partial charge is 0.343 e. The number of aromatic nitrogens is 3. The number of anilines is 1. The first-order chi connectivity index (χ1) is 9.58. The third-order valence-corrected chi connectivity index (χ3v) is 3.61. The van der Waals surface area contributed by atoms with Gasteiger partial charge in [-0.15, -0.1) is 0 Å². The Hall–Kier alpha value is -2.43. The highest BCUT2D eigenvalue weighted by atomic mass is 16.1. The Labute approximate surface area is 117 Å². The molecule has 1 unspecified atom stereocenters. The minimum absolute atomic E-state index is 0.0433. The monoisotopic (exact) mass is 268 g/mol. The topological polar surface area (TPSA) is 59.8 Å². The molecule has 0 aliphatic carbocycles. The van der Waals surface area contributed by atoms with E-state index in [0.717, 1.165) is 16.8 Å². The van der Waals surface area contributed by atoms with Crippen LogP contribution in [0.25, 0.3) is 5.70 Å². The summed E-state index contributed by atoms with van der Waals surface area (Å²) < 4.78 is 1.67. The van der Waals surface area contributed by atoms with Gasteiger partial charge in [0, 0.05) is 5.57 Å². The number of carbonyl (C=O) groups excluding carboxylic acids is 1. The first-order valence-corrected chi connectivity index (χ1v) is 6.53. The Bertz CT molecular complexity index is 697. The predicted octanol–water partition coefficient (Wildman–Crippen LogP) is 2.57. The highest BCUT2D eigenvalue weighted by Crippen LogP contribution is 2.34. The van der Waals surface area contributed by atoms with Gasteiger partial charge < -0.3 is 5.32 Å². The Balaban J connectivity index is 2.14. The van der Waals surface area contributed by atoms with Crippen LogP contribution in [0.2, 0.25) is 0 Å². The molecule has 1 aromatic heterocycles. The summed E-state index contributed by atoms with van der Waals surface area (Å²) in [5, 5.41) is 7.43. The highest BCUT2D eigenvalue weighted by molar-refractivity contribution is 6.01. The van der Waals surface area contributed by atoms with E-state index in [-0.39, 0.29) is 11.8 Å². The molecule has 1 aliphatic rings. The number of aryl methyl sites for hydroxylation is 1. The number of fused-ring (bicyclic) bond motifs is 1. The lowest BCUT2D eigenvalue weighted by atomic mass is 9.93. The van der Waals surface area contributed by atoms with Gasteiger partial charge in [0.15, 0.2) is 5.78 Å². The molecule has 0 saturated carbocycles. The van der Waals surface area contributed by atoms with E-state index in [0.29, 0.717) is 5.95 Å². The van der Waals surface area contributed by atoms with Crippen LogP contribution in [0.3, 0.4) is 0 Å². The van der Waals surface area contributed by atoms with Crippen molar-refractivity contribution in [2.24, 2.45) is 0 Å². The number of carbonyl (C=O) groups is 1. The molecular weight excluding hydrogens is 252 g/mol. The molecule has 0 amide bonds. The number of hydrogen-bond acceptors (Lipinski definition) is 4. The maximum Gasteiger partial charge on any atom is 0.226 e. The van der Waals surface area contributed by atoms with Crippen molar-refractivity contribution in [2.75, 3.05) is 5.32 Å². The van der Waals surface area contributed by atoms with E-state index in [2.05, 4.69) is 15.4 Å². The predicted molar refractivity (Wildman–Crippen MR) is 77.1 cm³/mol. The molecule has 3 rings (SSSR count). The maximum atomic E-state index is 12.0. The van der Waals surface area contributed by atoms with Crippen LogP contribution in [0.5, 0.6) is 0 Å². The number of allylic oxidation sites excluding steroid dienone is 1. The lowest BCUT2D eigenvalue weighted by Gasteiger charge is -2.28. The van der Waals surface area contributed by atoms with Gasteiger partial charge in [-0.2, -0.15) is 10.1 Å². The molecule has 0 saturated heterocycles. The molecule has 0 spiro atoms. The van der Waals surface area contributed by atoms with E-state index >= 15 is 0 Å². The van der Waals surface area contributed by atoms with Crippen molar-refractivity contribution in [1.82, 2.24) is 14.8 Å². The van der Waals surface area contributed by atoms with Gasteiger partial charge in [0.2, 0.25) is 5.95 Å². The zero-order valence-electron chi connectivity index (χ0n) is 11.7. The van der Waals surface area contributed by atoms with Crippen molar-refractivity contribution in [2.45, 2.75) is 26.8 Å². The Kier molecular flexibility index (Phi) is 2.89. The van der Waals surface area contributed by atoms with E-state index < -0.39 is 0 Å². The van der Waals surface area contributed by atoms with E-state index in [1.807, 2.05) is 38.1 Å². The molecule has 1 aliphatic heterocycles. The van der Waals surface area contributed by atoms with E-state index in [4.69, 9.17) is 0 Å². The zero-order valence-corrected chi connectivity index (χ0v) is 11.7. The van der Waals surface area contributed by atoms with Gasteiger partial charge in [-0.25, -0.2) is 4.68 Å². The average molecular weight is 268 g/mol. The maximum absolute atomic E-state index is 12.0. The van der Waals surface area contributed by atoms with Crippen LogP contribution in [-0.4, -0.2) is 20.5 Å². The lowest BCUT2D eigenvalue weighted by molar-refractivity contribution is -0.113. The molecule has 5 heteroatoms. The summed E-state index contributed by atoms with van der Waals surface area (Å²) in [5.74, 6) is 0.708. The molecule has 2 aromatic rings. The van der Waals surface area contributed by atoms with Gasteiger partial charge in [-0.05, 0) is 26.3 Å². The molecular formula is C15H16N4O. The van der Waals surface area contributed by atoms with Crippen LogP contribution in [0.1, 0.15) is 31.0 Å². The molecule has 0 fully saturated rings. The third-order valence-electron chi connectivity index (χ3n) is 3.61. The molecule has 5 nitrogen and oxygen atoms in total. The van der Waals surface area contributed by atoms with Crippen LogP contribution in [0, 0.1) is 6.92 Å². The van der Waals surface area contributed by atoms with Crippen molar-refractivity contribution in [3.63, 3.8) is 0 Å². The first kappa shape index (κ1) is 12.6. The minimum atomic E-state index is -0.176. The van der Waals surface area contributed by atoms with Crippen molar-refractivity contribution in [3.8, 4) is 0 Å². The third kappa shape index (κ3) is 1.91. The summed E-state index contributed by atoms with van der Waals surface area (Å²) in [4.78, 5) is 16.2. The van der Waals surface area contributed by atoms with Gasteiger partial charge in [0.05, 0.1) is 11.7 Å². The smallest absolute Gasteiger partial charge is 0.226 e. The van der Waals surface area contributed by atoms with Gasteiger partial charge in [-0.1, -0.05) is 29.8 Å². The summed E-state index contributed by atoms with van der Waals surface area (Å²) in [6, 6.07) is 7.99. The molecule has 20 heavy (non-hydrogen) atoms. The van der Waals surface area contributed by atoms with Gasteiger partial charge in [-0.3, -0.25) is 4.79 Å². The summed E-state index contributed by atoms with van der Waals surface area (Å²) in [7, 11) is 0. The summed E-state index contributed by atoms with van der Waals surface area (Å²) in [6.07, 6.45) is 1.49. The number of nitrogens with one attached hydrogen (secondary N) is 1. The van der Waals surface area contributed by atoms with Crippen LogP contribution in [0.15, 0.2) is 36.2 Å². The number of hydrogen-bond donors (Lipinski definition) is 1. The quantitative estimate of drug-likeness (QED) is 0.909. The highest BCUT2D eigenvalue weighted by Gasteiger charge is 2.29. The summed E-state index contributed by atoms with van der Waals surface area (Å²) >= 11 is 0. The van der Waals surface area contributed by atoms with Crippen LogP contribution >= 0.6 is 0 Å². The van der Waals surface area contributed by atoms with E-state index in [1.165, 1.54) is 11.9 Å². The Morgan fingerprint density at radius 2 is 1.95 bits per heavy atom. The number of benzene rings is 1. The van der Waals surface area contributed by atoms with E-state index in [9.17, 15) is 4.79 Å². The van der Waals surface area contributed by atoms with Gasteiger partial charge in [0.25, 0.3) is 0 Å². The van der Waals surface area contributed by atoms with Crippen LogP contribution in [0.4, 0.5) is 5.95 Å². The first-order valence-electron chi connectivity index (χ1n) is 6.53. The number of Topliss-reactive ketones (excluding diaryl/α,β-unsaturated/α-hetero) is 1. The molecule has 2 heterocycles. The average Bonchev–Trinajstić information content (AvgIpc) is 2.87.